The van der Waals surface area contributed by atoms with Gasteiger partial charge < -0.3 is 20.4 Å². The van der Waals surface area contributed by atoms with E-state index in [9.17, 15) is 20.4 Å². The SMILES string of the molecule is Cc1ccc(Cc2nc3c(Br)nc(-c4ccc(O)cc4)cn3c2O)cc1.Cc1ccc(Cc2nc3cnc(-c4ccc(O)cc4)cn3c2O)cc1. The molecule has 4 aromatic carbocycles. The Morgan fingerprint density at radius 1 is 0.549 bits per heavy atom. The van der Waals surface area contributed by atoms with E-state index >= 15 is 0 Å². The summed E-state index contributed by atoms with van der Waals surface area (Å²) in [5, 5.41) is 40.1. The van der Waals surface area contributed by atoms with Gasteiger partial charge in [0.05, 0.1) is 17.6 Å². The van der Waals surface area contributed by atoms with Crippen LogP contribution in [0, 0.1) is 13.8 Å². The van der Waals surface area contributed by atoms with Crippen LogP contribution < -0.4 is 0 Å². The van der Waals surface area contributed by atoms with E-state index in [1.54, 1.807) is 75.9 Å². The predicted octanol–water partition coefficient (Wildman–Crippen LogP) is 8.18. The number of nitrogens with zero attached hydrogens (tertiary/aromatic N) is 6. The van der Waals surface area contributed by atoms with Crippen molar-refractivity contribution in [3.05, 3.63) is 154 Å². The molecule has 51 heavy (non-hydrogen) atoms. The molecule has 8 rings (SSSR count). The maximum absolute atomic E-state index is 10.7. The van der Waals surface area contributed by atoms with Crippen LogP contribution in [-0.2, 0) is 12.8 Å². The van der Waals surface area contributed by atoms with Gasteiger partial charge in [-0.15, -0.1) is 0 Å². The largest absolute Gasteiger partial charge is 0.508 e. The van der Waals surface area contributed by atoms with Crippen molar-refractivity contribution in [3.63, 3.8) is 0 Å². The lowest BCUT2D eigenvalue weighted by atomic mass is 10.1. The number of rotatable bonds is 6. The Balaban J connectivity index is 0.000000159. The van der Waals surface area contributed by atoms with Gasteiger partial charge in [-0.25, -0.2) is 15.0 Å². The quantitative estimate of drug-likeness (QED) is 0.134. The molecule has 0 aliphatic heterocycles. The summed E-state index contributed by atoms with van der Waals surface area (Å²) in [4.78, 5) is 18.0. The van der Waals surface area contributed by atoms with E-state index in [0.717, 1.165) is 22.3 Å². The lowest BCUT2D eigenvalue weighted by Crippen LogP contribution is -1.93. The summed E-state index contributed by atoms with van der Waals surface area (Å²) >= 11 is 3.45. The topological polar surface area (TPSA) is 141 Å². The minimum absolute atomic E-state index is 0.101. The molecule has 0 spiro atoms. The molecule has 0 amide bonds. The second-order valence-electron chi connectivity index (χ2n) is 12.3. The van der Waals surface area contributed by atoms with E-state index < -0.39 is 0 Å². The molecule has 8 aromatic rings. The number of halogens is 1. The van der Waals surface area contributed by atoms with Crippen molar-refractivity contribution in [1.29, 1.82) is 0 Å². The average molecular weight is 742 g/mol. The average Bonchev–Trinajstić information content (AvgIpc) is 3.62. The molecule has 0 saturated carbocycles. The number of imidazole rings is 2. The van der Waals surface area contributed by atoms with Crippen LogP contribution in [0.2, 0.25) is 0 Å². The van der Waals surface area contributed by atoms with Crippen LogP contribution in [0.4, 0.5) is 0 Å². The molecule has 0 aliphatic carbocycles. The molecule has 0 aliphatic rings. The first-order valence-electron chi connectivity index (χ1n) is 16.1. The second kappa shape index (κ2) is 14.0. The monoisotopic (exact) mass is 740 g/mol. The number of phenolic OH excluding ortho intramolecular Hbond substituents is 2. The molecule has 0 unspecified atom stereocenters. The number of fused-ring (bicyclic) bond motifs is 2. The van der Waals surface area contributed by atoms with E-state index in [1.165, 1.54) is 11.1 Å². The number of hydrogen-bond donors (Lipinski definition) is 4. The zero-order valence-electron chi connectivity index (χ0n) is 27.7. The van der Waals surface area contributed by atoms with Gasteiger partial charge in [-0.3, -0.25) is 13.8 Å². The van der Waals surface area contributed by atoms with Crippen LogP contribution in [0.15, 0.2) is 120 Å². The fraction of sp³-hybridized carbons (Fsp3) is 0.100. The minimum Gasteiger partial charge on any atom is -0.508 e. The summed E-state index contributed by atoms with van der Waals surface area (Å²) in [5.41, 5.74) is 9.99. The van der Waals surface area contributed by atoms with Crippen molar-refractivity contribution in [2.45, 2.75) is 26.7 Å². The van der Waals surface area contributed by atoms with Crippen molar-refractivity contribution in [3.8, 4) is 45.8 Å². The fourth-order valence-electron chi connectivity index (χ4n) is 5.62. The Kier molecular flexibility index (Phi) is 9.12. The molecule has 10 nitrogen and oxygen atoms in total. The third kappa shape index (κ3) is 7.24. The molecule has 0 saturated heterocycles. The Morgan fingerprint density at radius 3 is 1.57 bits per heavy atom. The molecule has 0 fully saturated rings. The third-order valence-electron chi connectivity index (χ3n) is 8.47. The standard InChI is InChI=1S/C20H16BrN3O2.C20H17N3O2/c1-12-2-4-13(5-3-12)10-16-20(26)24-11-17(22-18(21)19(24)23-16)14-6-8-15(25)9-7-14;1-13-2-4-14(5-3-13)10-17-20(25)23-12-18(21-11-19(23)22-17)15-6-8-16(24)9-7-15/h2-9,11,25-26H,10H2,1H3;2-9,11-12,24-25H,10H2,1H3. The van der Waals surface area contributed by atoms with Crippen LogP contribution >= 0.6 is 15.9 Å². The smallest absolute Gasteiger partial charge is 0.219 e. The van der Waals surface area contributed by atoms with Gasteiger partial charge in [0, 0.05) is 36.4 Å². The first-order chi connectivity index (χ1) is 24.6. The normalized spacial score (nSPS) is 11.1. The predicted molar refractivity (Wildman–Crippen MR) is 199 cm³/mol. The van der Waals surface area contributed by atoms with E-state index in [0.29, 0.717) is 51.5 Å². The second-order valence-corrected chi connectivity index (χ2v) is 13.0. The summed E-state index contributed by atoms with van der Waals surface area (Å²) in [7, 11) is 0. The molecule has 0 radical (unpaired) electrons. The van der Waals surface area contributed by atoms with Crippen molar-refractivity contribution in [2.24, 2.45) is 0 Å². The Bertz CT molecular complexity index is 2480. The van der Waals surface area contributed by atoms with E-state index in [4.69, 9.17) is 0 Å². The Labute approximate surface area is 301 Å². The lowest BCUT2D eigenvalue weighted by Gasteiger charge is -2.04. The van der Waals surface area contributed by atoms with E-state index in [2.05, 4.69) is 35.9 Å². The van der Waals surface area contributed by atoms with Gasteiger partial charge >= 0.3 is 0 Å². The fourth-order valence-corrected chi connectivity index (χ4v) is 6.10. The zero-order valence-corrected chi connectivity index (χ0v) is 29.3. The van der Waals surface area contributed by atoms with Crippen LogP contribution in [0.3, 0.4) is 0 Å². The third-order valence-corrected chi connectivity index (χ3v) is 9.01. The number of aryl methyl sites for hydroxylation is 2. The maximum atomic E-state index is 10.7. The molecule has 0 bridgehead atoms. The van der Waals surface area contributed by atoms with E-state index in [1.807, 2.05) is 62.4 Å². The van der Waals surface area contributed by atoms with Gasteiger partial charge in [-0.2, -0.15) is 0 Å². The van der Waals surface area contributed by atoms with Crippen LogP contribution in [0.1, 0.15) is 33.6 Å². The molecule has 4 heterocycles. The van der Waals surface area contributed by atoms with Crippen molar-refractivity contribution >= 4 is 27.2 Å². The molecule has 0 atom stereocenters. The van der Waals surface area contributed by atoms with Gasteiger partial charge in [0.1, 0.15) is 27.5 Å². The van der Waals surface area contributed by atoms with Crippen LogP contribution in [0.25, 0.3) is 33.8 Å². The van der Waals surface area contributed by atoms with Gasteiger partial charge in [-0.05, 0) is 89.4 Å². The highest BCUT2D eigenvalue weighted by Gasteiger charge is 2.17. The van der Waals surface area contributed by atoms with Gasteiger partial charge in [0.2, 0.25) is 11.8 Å². The molecule has 11 heteroatoms. The molecule has 4 N–H and O–H groups in total. The molecule has 254 valence electrons. The van der Waals surface area contributed by atoms with Gasteiger partial charge in [0.15, 0.2) is 11.3 Å². The molecule has 4 aromatic heterocycles. The number of phenols is 2. The first-order valence-corrected chi connectivity index (χ1v) is 16.9. The summed E-state index contributed by atoms with van der Waals surface area (Å²) in [6.45, 7) is 4.09. The lowest BCUT2D eigenvalue weighted by molar-refractivity contribution is 0.442. The minimum atomic E-state index is 0.101. The Morgan fingerprint density at radius 2 is 1.02 bits per heavy atom. The van der Waals surface area contributed by atoms with Crippen LogP contribution in [-0.4, -0.2) is 49.2 Å². The molecular formula is C40H33BrN6O4. The summed E-state index contributed by atoms with van der Waals surface area (Å²) in [5.74, 6) is 0.622. The van der Waals surface area contributed by atoms with Crippen molar-refractivity contribution in [1.82, 2.24) is 28.7 Å². The van der Waals surface area contributed by atoms with E-state index in [-0.39, 0.29) is 23.3 Å². The number of benzene rings is 4. The summed E-state index contributed by atoms with van der Waals surface area (Å²) in [6.07, 6.45) is 6.23. The number of aromatic hydroxyl groups is 4. The van der Waals surface area contributed by atoms with Gasteiger partial charge in [0.25, 0.3) is 0 Å². The molecular weight excluding hydrogens is 708 g/mol. The highest BCUT2D eigenvalue weighted by Crippen LogP contribution is 2.30. The summed E-state index contributed by atoms with van der Waals surface area (Å²) in [6, 6.07) is 29.9. The highest BCUT2D eigenvalue weighted by atomic mass is 79.9. The number of hydrogen-bond acceptors (Lipinski definition) is 8. The highest BCUT2D eigenvalue weighted by molar-refractivity contribution is 9.10. The summed E-state index contributed by atoms with van der Waals surface area (Å²) < 4.78 is 3.81. The van der Waals surface area contributed by atoms with Gasteiger partial charge in [-0.1, -0.05) is 59.7 Å². The first kappa shape index (κ1) is 33.3. The zero-order chi connectivity index (χ0) is 35.6. The van der Waals surface area contributed by atoms with Crippen LogP contribution in [0.5, 0.6) is 23.3 Å². The maximum Gasteiger partial charge on any atom is 0.219 e. The van der Waals surface area contributed by atoms with Crippen molar-refractivity contribution in [2.75, 3.05) is 0 Å². The number of aromatic nitrogens is 6. The Hall–Kier alpha value is -6.20. The van der Waals surface area contributed by atoms with Crippen molar-refractivity contribution < 1.29 is 20.4 Å².